The van der Waals surface area contributed by atoms with E-state index in [0.717, 1.165) is 51.4 Å². The zero-order chi connectivity index (χ0) is 46.3. The zero-order valence-electron chi connectivity index (χ0n) is 40.9. The van der Waals surface area contributed by atoms with Gasteiger partial charge >= 0.3 is 11.9 Å². The normalized spacial score (nSPS) is 13.5. The molecule has 9 heteroatoms. The van der Waals surface area contributed by atoms with Gasteiger partial charge in [-0.25, -0.2) is 0 Å². The van der Waals surface area contributed by atoms with Gasteiger partial charge in [-0.3, -0.25) is 9.59 Å². The van der Waals surface area contributed by atoms with Crippen molar-refractivity contribution in [3.8, 4) is 0 Å². The molecule has 63 heavy (non-hydrogen) atoms. The average Bonchev–Trinajstić information content (AvgIpc) is 3.24. The van der Waals surface area contributed by atoms with Crippen LogP contribution >= 0.6 is 0 Å². The van der Waals surface area contributed by atoms with E-state index in [1.165, 1.54) is 103 Å². The summed E-state index contributed by atoms with van der Waals surface area (Å²) in [6.45, 7) is 4.55. The summed E-state index contributed by atoms with van der Waals surface area (Å²) >= 11 is 0. The molecule has 9 nitrogen and oxygen atoms in total. The van der Waals surface area contributed by atoms with E-state index in [1.807, 2.05) is 27.2 Å². The molecule has 0 N–H and O–H groups in total. The van der Waals surface area contributed by atoms with Gasteiger partial charge in [-0.05, 0) is 77.0 Å². The fourth-order valence-corrected chi connectivity index (χ4v) is 6.57. The molecule has 0 saturated heterocycles. The van der Waals surface area contributed by atoms with Crippen LogP contribution in [0.2, 0.25) is 0 Å². The number of ether oxygens (including phenoxy) is 4. The molecule has 0 bridgehead atoms. The summed E-state index contributed by atoms with van der Waals surface area (Å²) in [6, 6.07) is 0. The lowest BCUT2D eigenvalue weighted by atomic mass is 10.1. The molecule has 2 atom stereocenters. The predicted octanol–water partition coefficient (Wildman–Crippen LogP) is 12.6. The van der Waals surface area contributed by atoms with Crippen molar-refractivity contribution < 1.29 is 42.9 Å². The highest BCUT2D eigenvalue weighted by Crippen LogP contribution is 2.14. The van der Waals surface area contributed by atoms with E-state index >= 15 is 0 Å². The highest BCUT2D eigenvalue weighted by Gasteiger charge is 2.21. The number of aliphatic carboxylic acids is 1. The number of esters is 2. The van der Waals surface area contributed by atoms with Gasteiger partial charge in [-0.1, -0.05) is 177 Å². The predicted molar refractivity (Wildman–Crippen MR) is 260 cm³/mol. The quantitative estimate of drug-likeness (QED) is 0.0195. The Morgan fingerprint density at radius 2 is 0.921 bits per heavy atom. The lowest BCUT2D eigenvalue weighted by Crippen LogP contribution is -2.44. The Morgan fingerprint density at radius 1 is 0.492 bits per heavy atom. The maximum Gasteiger partial charge on any atom is 0.306 e. The van der Waals surface area contributed by atoms with Gasteiger partial charge in [-0.15, -0.1) is 0 Å². The molecule has 0 aromatic heterocycles. The third kappa shape index (κ3) is 46.5. The second-order valence-corrected chi connectivity index (χ2v) is 17.7. The molecule has 0 aromatic rings. The largest absolute Gasteiger partial charge is 0.545 e. The Balaban J connectivity index is 4.43. The summed E-state index contributed by atoms with van der Waals surface area (Å²) in [6.07, 6.45) is 53.8. The molecule has 0 fully saturated rings. The minimum absolute atomic E-state index is 0.134. The number of likely N-dealkylation sites (N-methyl/N-ethyl adjacent to an activating group) is 1. The Kier molecular flexibility index (Phi) is 43.0. The molecule has 0 aliphatic rings. The van der Waals surface area contributed by atoms with Crippen molar-refractivity contribution in [1.82, 2.24) is 0 Å². The van der Waals surface area contributed by atoms with Gasteiger partial charge in [0.05, 0.1) is 40.3 Å². The molecule has 0 aliphatic heterocycles. The van der Waals surface area contributed by atoms with Crippen LogP contribution in [0.3, 0.4) is 0 Å². The number of carboxylic acids is 1. The molecule has 0 aliphatic carbocycles. The van der Waals surface area contributed by atoms with Crippen molar-refractivity contribution in [3.05, 3.63) is 72.9 Å². The molecule has 0 amide bonds. The summed E-state index contributed by atoms with van der Waals surface area (Å²) in [4.78, 5) is 37.1. The molecule has 0 rings (SSSR count). The van der Waals surface area contributed by atoms with Crippen molar-refractivity contribution in [2.75, 3.05) is 47.5 Å². The summed E-state index contributed by atoms with van der Waals surface area (Å²) in [5.74, 6) is -2.37. The molecule has 0 saturated carbocycles. The first-order chi connectivity index (χ1) is 30.6. The monoisotopic (exact) mass is 884 g/mol. The van der Waals surface area contributed by atoms with E-state index in [9.17, 15) is 19.5 Å². The standard InChI is InChI=1S/C54H93NO8/c1-6-8-10-12-14-16-18-20-22-24-25-26-27-29-30-32-34-36-38-40-42-44-51(56)61-48-50(49-62-54(53(58)59)60-47-46-55(3,4)5)63-52(57)45-43-41-39-37-35-33-31-28-23-21-19-17-15-13-11-9-7-2/h9,11,15,17,21,23-25,31,33,37,39,50,54H,6-8,10,12-14,16,18-20,22,26-30,32,34-36,38,40-49H2,1-5H3/b11-9-,17-15-,23-21-,25-24-,33-31-,39-37-. The van der Waals surface area contributed by atoms with Crippen molar-refractivity contribution in [3.63, 3.8) is 0 Å². The molecular formula is C54H93NO8. The minimum atomic E-state index is -1.64. The van der Waals surface area contributed by atoms with E-state index < -0.39 is 24.3 Å². The first kappa shape index (κ1) is 59.7. The lowest BCUT2D eigenvalue weighted by Gasteiger charge is -2.26. The molecule has 0 heterocycles. The Hall–Kier alpha value is -3.27. The van der Waals surface area contributed by atoms with E-state index in [0.29, 0.717) is 23.9 Å². The van der Waals surface area contributed by atoms with Crippen LogP contribution in [0, 0.1) is 0 Å². The molecule has 2 unspecified atom stereocenters. The SMILES string of the molecule is CC/C=C\C/C=C\C/C=C\C/C=C\C/C=C\CCCC(=O)OC(COC(=O)CCCCCCCCCCC/C=C\CCCCCCCCCC)COC(OCC[N+](C)(C)C)C(=O)[O-]. The Bertz CT molecular complexity index is 1260. The van der Waals surface area contributed by atoms with Crippen LogP contribution in [0.25, 0.3) is 0 Å². The molecular weight excluding hydrogens is 791 g/mol. The van der Waals surface area contributed by atoms with Crippen molar-refractivity contribution >= 4 is 17.9 Å². The second kappa shape index (κ2) is 45.3. The van der Waals surface area contributed by atoms with Crippen molar-refractivity contribution in [1.29, 1.82) is 0 Å². The van der Waals surface area contributed by atoms with Gasteiger partial charge in [-0.2, -0.15) is 0 Å². The summed E-state index contributed by atoms with van der Waals surface area (Å²) in [5, 5.41) is 11.7. The number of carboxylic acid groups (broad SMARTS) is 1. The average molecular weight is 884 g/mol. The number of hydrogen-bond acceptors (Lipinski definition) is 8. The fourth-order valence-electron chi connectivity index (χ4n) is 6.57. The van der Waals surface area contributed by atoms with E-state index in [2.05, 4.69) is 80.7 Å². The molecule has 0 radical (unpaired) electrons. The third-order valence-electron chi connectivity index (χ3n) is 10.4. The van der Waals surface area contributed by atoms with Crippen LogP contribution in [0.15, 0.2) is 72.9 Å². The smallest absolute Gasteiger partial charge is 0.306 e. The summed E-state index contributed by atoms with van der Waals surface area (Å²) in [7, 11) is 5.89. The number of allylic oxidation sites excluding steroid dienone is 12. The van der Waals surface area contributed by atoms with E-state index in [4.69, 9.17) is 18.9 Å². The van der Waals surface area contributed by atoms with Gasteiger partial charge in [0.2, 0.25) is 0 Å². The zero-order valence-corrected chi connectivity index (χ0v) is 40.9. The van der Waals surface area contributed by atoms with Gasteiger partial charge in [0.15, 0.2) is 12.4 Å². The van der Waals surface area contributed by atoms with Crippen molar-refractivity contribution in [2.24, 2.45) is 0 Å². The third-order valence-corrected chi connectivity index (χ3v) is 10.4. The number of unbranched alkanes of at least 4 members (excludes halogenated alkanes) is 18. The number of carbonyl (C=O) groups excluding carboxylic acids is 3. The topological polar surface area (TPSA) is 111 Å². The first-order valence-electron chi connectivity index (χ1n) is 25.1. The second-order valence-electron chi connectivity index (χ2n) is 17.7. The first-order valence-corrected chi connectivity index (χ1v) is 25.1. The minimum Gasteiger partial charge on any atom is -0.545 e. The number of hydrogen-bond donors (Lipinski definition) is 0. The van der Waals surface area contributed by atoms with Crippen LogP contribution in [0.4, 0.5) is 0 Å². The van der Waals surface area contributed by atoms with Gasteiger partial charge in [0.1, 0.15) is 13.2 Å². The molecule has 362 valence electrons. The molecule has 0 spiro atoms. The van der Waals surface area contributed by atoms with Gasteiger partial charge < -0.3 is 33.3 Å². The fraction of sp³-hybridized carbons (Fsp3) is 0.722. The van der Waals surface area contributed by atoms with Crippen LogP contribution in [-0.2, 0) is 33.3 Å². The van der Waals surface area contributed by atoms with Gasteiger partial charge in [0, 0.05) is 12.8 Å². The summed E-state index contributed by atoms with van der Waals surface area (Å²) in [5.41, 5.74) is 0. The van der Waals surface area contributed by atoms with Crippen LogP contribution in [0.5, 0.6) is 0 Å². The van der Waals surface area contributed by atoms with Crippen LogP contribution in [0.1, 0.15) is 194 Å². The maximum atomic E-state index is 12.8. The highest BCUT2D eigenvalue weighted by molar-refractivity contribution is 5.70. The number of quaternary nitrogens is 1. The van der Waals surface area contributed by atoms with E-state index in [-0.39, 0.29) is 38.6 Å². The van der Waals surface area contributed by atoms with Crippen LogP contribution in [-0.4, -0.2) is 82.3 Å². The summed E-state index contributed by atoms with van der Waals surface area (Å²) < 4.78 is 22.5. The Morgan fingerprint density at radius 3 is 1.41 bits per heavy atom. The maximum absolute atomic E-state index is 12.8. The van der Waals surface area contributed by atoms with Crippen molar-refractivity contribution in [2.45, 2.75) is 206 Å². The van der Waals surface area contributed by atoms with Crippen LogP contribution < -0.4 is 5.11 Å². The van der Waals surface area contributed by atoms with Gasteiger partial charge in [0.25, 0.3) is 0 Å². The number of rotatable bonds is 45. The lowest BCUT2D eigenvalue weighted by molar-refractivity contribution is -0.870. The molecule has 0 aromatic carbocycles. The number of carbonyl (C=O) groups is 3. The highest BCUT2D eigenvalue weighted by atomic mass is 16.7. The Labute approximate surface area is 386 Å². The van der Waals surface area contributed by atoms with E-state index in [1.54, 1.807) is 0 Å². The number of nitrogens with zero attached hydrogens (tertiary/aromatic N) is 1.